The van der Waals surface area contributed by atoms with Gasteiger partial charge in [-0.25, -0.2) is 0 Å². The Labute approximate surface area is 125 Å². The van der Waals surface area contributed by atoms with Crippen molar-refractivity contribution in [2.24, 2.45) is 0 Å². The van der Waals surface area contributed by atoms with Crippen LogP contribution in [0.15, 0.2) is 22.7 Å². The fraction of sp³-hybridized carbons (Fsp3) is 0.538. The molecule has 5 heteroatoms. The van der Waals surface area contributed by atoms with Gasteiger partial charge in [-0.2, -0.15) is 0 Å². The van der Waals surface area contributed by atoms with Gasteiger partial charge in [-0.15, -0.1) is 0 Å². The first kappa shape index (κ1) is 14.3. The second kappa shape index (κ2) is 6.89. The van der Waals surface area contributed by atoms with E-state index in [4.69, 9.17) is 9.47 Å². The molecular formula is C13H17Br2NO2. The highest BCUT2D eigenvalue weighted by Crippen LogP contribution is 2.26. The molecule has 100 valence electrons. The number of methoxy groups -OCH3 is 1. The van der Waals surface area contributed by atoms with E-state index >= 15 is 0 Å². The minimum atomic E-state index is 0.306. The highest BCUT2D eigenvalue weighted by atomic mass is 79.9. The highest BCUT2D eigenvalue weighted by molar-refractivity contribution is 9.10. The van der Waals surface area contributed by atoms with Crippen molar-refractivity contribution in [3.05, 3.63) is 28.2 Å². The van der Waals surface area contributed by atoms with Crippen molar-refractivity contribution in [3.63, 3.8) is 0 Å². The maximum absolute atomic E-state index is 5.64. The van der Waals surface area contributed by atoms with E-state index in [0.29, 0.717) is 6.10 Å². The van der Waals surface area contributed by atoms with Crippen molar-refractivity contribution < 1.29 is 9.47 Å². The maximum atomic E-state index is 5.64. The van der Waals surface area contributed by atoms with Crippen LogP contribution in [0.4, 0.5) is 0 Å². The van der Waals surface area contributed by atoms with Crippen molar-refractivity contribution in [2.45, 2.75) is 12.6 Å². The van der Waals surface area contributed by atoms with Crippen LogP contribution in [0.2, 0.25) is 0 Å². The molecule has 1 aliphatic rings. The van der Waals surface area contributed by atoms with Crippen LogP contribution in [-0.4, -0.2) is 43.1 Å². The molecule has 1 heterocycles. The highest BCUT2D eigenvalue weighted by Gasteiger charge is 2.19. The number of nitrogens with zero attached hydrogens (tertiary/aromatic N) is 1. The summed E-state index contributed by atoms with van der Waals surface area (Å²) in [4.78, 5) is 2.42. The molecule has 18 heavy (non-hydrogen) atoms. The van der Waals surface area contributed by atoms with Crippen LogP contribution >= 0.6 is 31.9 Å². The van der Waals surface area contributed by atoms with E-state index in [1.807, 2.05) is 6.07 Å². The average molecular weight is 379 g/mol. The molecule has 0 radical (unpaired) electrons. The molecule has 0 amide bonds. The summed E-state index contributed by atoms with van der Waals surface area (Å²) < 4.78 is 11.9. The SMILES string of the molecule is COc1ccc(CN2CCOC(CBr)C2)cc1Br. The van der Waals surface area contributed by atoms with E-state index in [1.54, 1.807) is 7.11 Å². The summed E-state index contributed by atoms with van der Waals surface area (Å²) in [5, 5.41) is 0.899. The lowest BCUT2D eigenvalue weighted by Gasteiger charge is -2.32. The van der Waals surface area contributed by atoms with Crippen molar-refractivity contribution in [3.8, 4) is 5.75 Å². The molecule has 0 N–H and O–H groups in total. The Morgan fingerprint density at radius 1 is 1.50 bits per heavy atom. The largest absolute Gasteiger partial charge is 0.496 e. The van der Waals surface area contributed by atoms with E-state index < -0.39 is 0 Å². The van der Waals surface area contributed by atoms with Gasteiger partial charge in [-0.3, -0.25) is 4.90 Å². The molecule has 1 unspecified atom stereocenters. The van der Waals surface area contributed by atoms with Crippen LogP contribution in [-0.2, 0) is 11.3 Å². The van der Waals surface area contributed by atoms with Crippen molar-refractivity contribution in [2.75, 3.05) is 32.1 Å². The van der Waals surface area contributed by atoms with Crippen LogP contribution in [0.3, 0.4) is 0 Å². The number of hydrogen-bond acceptors (Lipinski definition) is 3. The summed E-state index contributed by atoms with van der Waals surface area (Å²) in [6.45, 7) is 3.74. The molecule has 1 aromatic rings. The van der Waals surface area contributed by atoms with Gasteiger partial charge in [0.1, 0.15) is 5.75 Å². The fourth-order valence-corrected chi connectivity index (χ4v) is 3.06. The molecule has 1 aliphatic heterocycles. The van der Waals surface area contributed by atoms with Crippen LogP contribution in [0, 0.1) is 0 Å². The Hall–Kier alpha value is -0.100. The lowest BCUT2D eigenvalue weighted by molar-refractivity contribution is -0.0181. The predicted molar refractivity (Wildman–Crippen MR) is 79.5 cm³/mol. The van der Waals surface area contributed by atoms with Gasteiger partial charge in [0.2, 0.25) is 0 Å². The zero-order chi connectivity index (χ0) is 13.0. The Kier molecular flexibility index (Phi) is 5.48. The molecule has 0 saturated carbocycles. The van der Waals surface area contributed by atoms with Crippen molar-refractivity contribution in [1.29, 1.82) is 0 Å². The fourth-order valence-electron chi connectivity index (χ4n) is 2.08. The molecule has 0 aliphatic carbocycles. The number of benzene rings is 1. The number of ether oxygens (including phenoxy) is 2. The first-order valence-electron chi connectivity index (χ1n) is 5.95. The monoisotopic (exact) mass is 377 g/mol. The first-order valence-corrected chi connectivity index (χ1v) is 7.86. The second-order valence-corrected chi connectivity index (χ2v) is 5.85. The number of hydrogen-bond donors (Lipinski definition) is 0. The zero-order valence-corrected chi connectivity index (χ0v) is 13.5. The summed E-state index contributed by atoms with van der Waals surface area (Å²) in [6, 6.07) is 6.24. The molecule has 1 aromatic carbocycles. The van der Waals surface area contributed by atoms with Gasteiger partial charge in [-0.05, 0) is 33.6 Å². The summed E-state index contributed by atoms with van der Waals surface area (Å²) in [7, 11) is 1.68. The van der Waals surface area contributed by atoms with Gasteiger partial charge in [0, 0.05) is 25.0 Å². The van der Waals surface area contributed by atoms with Gasteiger partial charge < -0.3 is 9.47 Å². The molecular weight excluding hydrogens is 362 g/mol. The molecule has 2 rings (SSSR count). The summed E-state index contributed by atoms with van der Waals surface area (Å²) in [5.41, 5.74) is 1.29. The third kappa shape index (κ3) is 3.70. The van der Waals surface area contributed by atoms with Crippen LogP contribution in [0.25, 0.3) is 0 Å². The molecule has 1 atom stereocenters. The number of morpholine rings is 1. The number of rotatable bonds is 4. The first-order chi connectivity index (χ1) is 8.72. The Morgan fingerprint density at radius 3 is 3.00 bits per heavy atom. The van der Waals surface area contributed by atoms with Crippen LogP contribution in [0.1, 0.15) is 5.56 Å². The molecule has 0 bridgehead atoms. The molecule has 1 fully saturated rings. The quantitative estimate of drug-likeness (QED) is 0.751. The van der Waals surface area contributed by atoms with E-state index in [-0.39, 0.29) is 0 Å². The molecule has 3 nitrogen and oxygen atoms in total. The van der Waals surface area contributed by atoms with Crippen molar-refractivity contribution >= 4 is 31.9 Å². The van der Waals surface area contributed by atoms with E-state index in [9.17, 15) is 0 Å². The number of alkyl halides is 1. The van der Waals surface area contributed by atoms with Gasteiger partial charge in [-0.1, -0.05) is 22.0 Å². The molecule has 0 spiro atoms. The Bertz CT molecular complexity index is 401. The molecule has 0 aromatic heterocycles. The van der Waals surface area contributed by atoms with E-state index in [1.165, 1.54) is 5.56 Å². The lowest BCUT2D eigenvalue weighted by atomic mass is 10.2. The minimum absolute atomic E-state index is 0.306. The van der Waals surface area contributed by atoms with Gasteiger partial charge in [0.05, 0.1) is 24.3 Å². The minimum Gasteiger partial charge on any atom is -0.496 e. The topological polar surface area (TPSA) is 21.7 Å². The van der Waals surface area contributed by atoms with Crippen molar-refractivity contribution in [1.82, 2.24) is 4.90 Å². The van der Waals surface area contributed by atoms with E-state index in [0.717, 1.165) is 41.8 Å². The average Bonchev–Trinajstić information content (AvgIpc) is 2.39. The number of halogens is 2. The second-order valence-electron chi connectivity index (χ2n) is 4.35. The molecule has 1 saturated heterocycles. The van der Waals surface area contributed by atoms with Gasteiger partial charge in [0.25, 0.3) is 0 Å². The summed E-state index contributed by atoms with van der Waals surface area (Å²) >= 11 is 7.00. The normalized spacial score (nSPS) is 20.9. The summed E-state index contributed by atoms with van der Waals surface area (Å²) in [5.74, 6) is 0.874. The van der Waals surface area contributed by atoms with Gasteiger partial charge in [0.15, 0.2) is 0 Å². The predicted octanol–water partition coefficient (Wildman–Crippen LogP) is 3.05. The third-order valence-electron chi connectivity index (χ3n) is 3.02. The zero-order valence-electron chi connectivity index (χ0n) is 10.4. The van der Waals surface area contributed by atoms with Gasteiger partial charge >= 0.3 is 0 Å². The van der Waals surface area contributed by atoms with Crippen LogP contribution in [0.5, 0.6) is 5.75 Å². The van der Waals surface area contributed by atoms with E-state index in [2.05, 4.69) is 48.9 Å². The smallest absolute Gasteiger partial charge is 0.133 e. The lowest BCUT2D eigenvalue weighted by Crippen LogP contribution is -2.42. The third-order valence-corrected chi connectivity index (χ3v) is 4.36. The Balaban J connectivity index is 1.98. The summed E-state index contributed by atoms with van der Waals surface area (Å²) in [6.07, 6.45) is 0.306. The van der Waals surface area contributed by atoms with Crippen LogP contribution < -0.4 is 4.74 Å². The maximum Gasteiger partial charge on any atom is 0.133 e. The Morgan fingerprint density at radius 2 is 2.33 bits per heavy atom. The standard InChI is InChI=1S/C13H17Br2NO2/c1-17-13-3-2-10(6-12(13)15)8-16-4-5-18-11(7-14)9-16/h2-3,6,11H,4-5,7-9H2,1H3.